The third-order valence-corrected chi connectivity index (χ3v) is 4.16. The van der Waals surface area contributed by atoms with E-state index in [4.69, 9.17) is 21.7 Å². The lowest BCUT2D eigenvalue weighted by molar-refractivity contribution is 0.0978. The molecule has 0 aliphatic heterocycles. The normalized spacial score (nSPS) is 10.3. The largest absolute Gasteiger partial charge is 0.497 e. The quantitative estimate of drug-likeness (QED) is 0.679. The second-order valence-corrected chi connectivity index (χ2v) is 5.88. The van der Waals surface area contributed by atoms with E-state index in [1.807, 2.05) is 0 Å². The van der Waals surface area contributed by atoms with Crippen molar-refractivity contribution in [1.29, 1.82) is 0 Å². The predicted molar refractivity (Wildman–Crippen MR) is 101 cm³/mol. The Kier molecular flexibility index (Phi) is 5.05. The van der Waals surface area contributed by atoms with Crippen LogP contribution in [0.2, 0.25) is 0 Å². The molecule has 0 aliphatic carbocycles. The summed E-state index contributed by atoms with van der Waals surface area (Å²) in [5.74, 6) is 0.869. The van der Waals surface area contributed by atoms with E-state index < -0.39 is 0 Å². The molecule has 1 heterocycles. The Hall–Kier alpha value is -2.78. The molecule has 25 heavy (non-hydrogen) atoms. The van der Waals surface area contributed by atoms with Crippen LogP contribution in [0.1, 0.15) is 10.4 Å². The third kappa shape index (κ3) is 3.83. The van der Waals surface area contributed by atoms with Gasteiger partial charge in [0.15, 0.2) is 5.11 Å². The molecule has 0 fully saturated rings. The Bertz CT molecular complexity index is 942. The number of fused-ring (bicyclic) bond motifs is 1. The van der Waals surface area contributed by atoms with Gasteiger partial charge in [0.05, 0.1) is 31.6 Å². The van der Waals surface area contributed by atoms with Gasteiger partial charge in [0.1, 0.15) is 22.5 Å². The third-order valence-electron chi connectivity index (χ3n) is 3.40. The number of aromatic nitrogens is 2. The minimum Gasteiger partial charge on any atom is -0.497 e. The highest BCUT2D eigenvalue weighted by Gasteiger charge is 2.12. The van der Waals surface area contributed by atoms with Crippen LogP contribution in [0, 0.1) is 0 Å². The molecule has 0 saturated carbocycles. The average Bonchev–Trinajstić information content (AvgIpc) is 3.09. The molecule has 9 heteroatoms. The molecule has 0 radical (unpaired) electrons. The maximum atomic E-state index is 12.3. The smallest absolute Gasteiger partial charge is 0.257 e. The summed E-state index contributed by atoms with van der Waals surface area (Å²) in [6, 6.07) is 10.3. The van der Waals surface area contributed by atoms with Crippen LogP contribution in [0.15, 0.2) is 36.4 Å². The maximum Gasteiger partial charge on any atom is 0.257 e. The van der Waals surface area contributed by atoms with Crippen LogP contribution >= 0.6 is 23.9 Å². The van der Waals surface area contributed by atoms with E-state index in [0.717, 1.165) is 17.2 Å². The maximum absolute atomic E-state index is 12.3. The van der Waals surface area contributed by atoms with Gasteiger partial charge in [0.25, 0.3) is 5.91 Å². The van der Waals surface area contributed by atoms with E-state index in [9.17, 15) is 4.79 Å². The van der Waals surface area contributed by atoms with Crippen molar-refractivity contribution in [3.8, 4) is 11.5 Å². The molecule has 0 atom stereocenters. The number of benzene rings is 2. The van der Waals surface area contributed by atoms with Crippen molar-refractivity contribution in [2.75, 3.05) is 19.5 Å². The summed E-state index contributed by atoms with van der Waals surface area (Å²) in [6.45, 7) is 0. The van der Waals surface area contributed by atoms with Gasteiger partial charge in [-0.3, -0.25) is 10.1 Å². The average molecular weight is 374 g/mol. The summed E-state index contributed by atoms with van der Waals surface area (Å²) in [7, 11) is 3.11. The van der Waals surface area contributed by atoms with E-state index >= 15 is 0 Å². The van der Waals surface area contributed by atoms with E-state index in [-0.39, 0.29) is 11.0 Å². The highest BCUT2D eigenvalue weighted by atomic mass is 32.1. The van der Waals surface area contributed by atoms with Crippen LogP contribution in [0.25, 0.3) is 11.0 Å². The number of ether oxygens (including phenoxy) is 2. The van der Waals surface area contributed by atoms with Crippen LogP contribution < -0.4 is 20.1 Å². The van der Waals surface area contributed by atoms with Crippen LogP contribution in [-0.2, 0) is 0 Å². The fourth-order valence-corrected chi connectivity index (χ4v) is 2.87. The van der Waals surface area contributed by atoms with Crippen molar-refractivity contribution in [3.63, 3.8) is 0 Å². The van der Waals surface area contributed by atoms with Gasteiger partial charge in [0.2, 0.25) is 0 Å². The Morgan fingerprint density at radius 2 is 1.88 bits per heavy atom. The standard InChI is InChI=1S/C16H14N4O3S2/c1-22-10-4-6-12(14(8-10)23-2)17-16(24)18-15(21)9-3-5-11-13(7-9)20-25-19-11/h3-8H,1-2H3,(H2,17,18,21,24). The highest BCUT2D eigenvalue weighted by molar-refractivity contribution is 7.80. The van der Waals surface area contributed by atoms with Gasteiger partial charge in [-0.1, -0.05) is 0 Å². The molecule has 0 saturated heterocycles. The predicted octanol–water partition coefficient (Wildman–Crippen LogP) is 2.84. The van der Waals surface area contributed by atoms with Gasteiger partial charge < -0.3 is 14.8 Å². The number of hydrogen-bond donors (Lipinski definition) is 2. The Morgan fingerprint density at radius 3 is 2.64 bits per heavy atom. The molecule has 128 valence electrons. The number of methoxy groups -OCH3 is 2. The first-order valence-electron chi connectivity index (χ1n) is 7.17. The minimum atomic E-state index is -0.333. The van der Waals surface area contributed by atoms with Crippen LogP contribution in [0.5, 0.6) is 11.5 Å². The first-order chi connectivity index (χ1) is 12.1. The Labute approximate surface area is 153 Å². The van der Waals surface area contributed by atoms with Crippen molar-refractivity contribution >= 4 is 51.7 Å². The lowest BCUT2D eigenvalue weighted by atomic mass is 10.2. The fourth-order valence-electron chi connectivity index (χ4n) is 2.15. The Morgan fingerprint density at radius 1 is 1.08 bits per heavy atom. The number of carbonyl (C=O) groups is 1. The molecule has 3 rings (SSSR count). The molecule has 1 amide bonds. The topological polar surface area (TPSA) is 85.4 Å². The minimum absolute atomic E-state index is 0.157. The molecule has 3 aromatic rings. The monoisotopic (exact) mass is 374 g/mol. The fraction of sp³-hybridized carbons (Fsp3) is 0.125. The number of amides is 1. The van der Waals surface area contributed by atoms with Crippen molar-refractivity contribution in [2.24, 2.45) is 0 Å². The Balaban J connectivity index is 1.70. The summed E-state index contributed by atoms with van der Waals surface area (Å²) in [6.07, 6.45) is 0. The van der Waals surface area contributed by atoms with Gasteiger partial charge in [0, 0.05) is 11.6 Å². The molecular formula is C16H14N4O3S2. The molecule has 0 unspecified atom stereocenters. The second-order valence-electron chi connectivity index (χ2n) is 4.94. The highest BCUT2D eigenvalue weighted by Crippen LogP contribution is 2.28. The zero-order valence-electron chi connectivity index (χ0n) is 13.4. The molecule has 0 spiro atoms. The molecule has 0 aliphatic rings. The van der Waals surface area contributed by atoms with Crippen molar-refractivity contribution < 1.29 is 14.3 Å². The SMILES string of the molecule is COc1ccc(NC(=S)NC(=O)c2ccc3nsnc3c2)c(OC)c1. The van der Waals surface area contributed by atoms with Crippen LogP contribution in [0.3, 0.4) is 0 Å². The van der Waals surface area contributed by atoms with E-state index in [1.54, 1.807) is 50.6 Å². The van der Waals surface area contributed by atoms with E-state index in [1.165, 1.54) is 0 Å². The first kappa shape index (κ1) is 17.1. The van der Waals surface area contributed by atoms with Gasteiger partial charge in [-0.05, 0) is 42.5 Å². The molecule has 1 aromatic heterocycles. The number of thiocarbonyl (C=S) groups is 1. The zero-order valence-corrected chi connectivity index (χ0v) is 15.0. The number of carbonyl (C=O) groups excluding carboxylic acids is 1. The summed E-state index contributed by atoms with van der Waals surface area (Å²) < 4.78 is 18.7. The molecule has 2 aromatic carbocycles. The number of nitrogens with zero attached hydrogens (tertiary/aromatic N) is 2. The van der Waals surface area contributed by atoms with Gasteiger partial charge >= 0.3 is 0 Å². The number of anilines is 1. The molecule has 0 bridgehead atoms. The molecule has 7 nitrogen and oxygen atoms in total. The molecular weight excluding hydrogens is 360 g/mol. The summed E-state index contributed by atoms with van der Waals surface area (Å²) in [5.41, 5.74) is 2.50. The summed E-state index contributed by atoms with van der Waals surface area (Å²) in [5, 5.41) is 5.73. The number of rotatable bonds is 4. The number of hydrogen-bond acceptors (Lipinski definition) is 7. The van der Waals surface area contributed by atoms with Gasteiger partial charge in [-0.15, -0.1) is 0 Å². The summed E-state index contributed by atoms with van der Waals surface area (Å²) >= 11 is 6.31. The van der Waals surface area contributed by atoms with E-state index in [2.05, 4.69) is 19.4 Å². The van der Waals surface area contributed by atoms with Crippen molar-refractivity contribution in [3.05, 3.63) is 42.0 Å². The first-order valence-corrected chi connectivity index (χ1v) is 8.31. The van der Waals surface area contributed by atoms with Crippen LogP contribution in [-0.4, -0.2) is 34.0 Å². The van der Waals surface area contributed by atoms with E-state index in [0.29, 0.717) is 28.3 Å². The number of nitrogens with one attached hydrogen (secondary N) is 2. The zero-order chi connectivity index (χ0) is 17.8. The van der Waals surface area contributed by atoms with Crippen molar-refractivity contribution in [2.45, 2.75) is 0 Å². The summed E-state index contributed by atoms with van der Waals surface area (Å²) in [4.78, 5) is 12.3. The lowest BCUT2D eigenvalue weighted by Crippen LogP contribution is -2.34. The second kappa shape index (κ2) is 7.41. The van der Waals surface area contributed by atoms with Gasteiger partial charge in [-0.25, -0.2) is 0 Å². The lowest BCUT2D eigenvalue weighted by Gasteiger charge is -2.13. The van der Waals surface area contributed by atoms with Crippen LogP contribution in [0.4, 0.5) is 5.69 Å². The molecule has 2 N–H and O–H groups in total. The van der Waals surface area contributed by atoms with Crippen molar-refractivity contribution in [1.82, 2.24) is 14.1 Å². The van der Waals surface area contributed by atoms with Gasteiger partial charge in [-0.2, -0.15) is 8.75 Å².